The third-order valence-corrected chi connectivity index (χ3v) is 5.49. The van der Waals surface area contributed by atoms with Crippen molar-refractivity contribution in [3.63, 3.8) is 0 Å². The Kier molecular flexibility index (Phi) is 4.16. The Morgan fingerprint density at radius 1 is 1.00 bits per heavy atom. The molecule has 1 aromatic rings. The molecular formula is C19H29N. The topological polar surface area (TPSA) is 12.0 Å². The van der Waals surface area contributed by atoms with Gasteiger partial charge in [0.25, 0.3) is 0 Å². The molecule has 110 valence electrons. The van der Waals surface area contributed by atoms with Gasteiger partial charge in [-0.25, -0.2) is 0 Å². The summed E-state index contributed by atoms with van der Waals surface area (Å²) in [7, 11) is 0. The van der Waals surface area contributed by atoms with E-state index in [-0.39, 0.29) is 0 Å². The lowest BCUT2D eigenvalue weighted by molar-refractivity contribution is 0.346. The molecule has 2 saturated carbocycles. The summed E-state index contributed by atoms with van der Waals surface area (Å²) in [5.41, 5.74) is 4.87. The van der Waals surface area contributed by atoms with Gasteiger partial charge in [0, 0.05) is 18.0 Å². The maximum Gasteiger partial charge on any atom is 0.00779 e. The Labute approximate surface area is 124 Å². The first-order valence-corrected chi connectivity index (χ1v) is 8.51. The Hall–Kier alpha value is -0.820. The van der Waals surface area contributed by atoms with Gasteiger partial charge in [0.1, 0.15) is 0 Å². The molecule has 0 aromatic heterocycles. The quantitative estimate of drug-likeness (QED) is 0.786. The Bertz CT molecular complexity index is 451. The Morgan fingerprint density at radius 3 is 2.30 bits per heavy atom. The normalized spacial score (nSPS) is 22.5. The zero-order valence-corrected chi connectivity index (χ0v) is 13.2. The summed E-state index contributed by atoms with van der Waals surface area (Å²) in [6.45, 7) is 5.68. The molecule has 1 nitrogen and oxygen atoms in total. The minimum absolute atomic E-state index is 0.400. The van der Waals surface area contributed by atoms with Gasteiger partial charge in [0.05, 0.1) is 0 Å². The molecule has 1 heteroatoms. The van der Waals surface area contributed by atoms with Gasteiger partial charge in [-0.15, -0.1) is 0 Å². The molecule has 0 bridgehead atoms. The van der Waals surface area contributed by atoms with E-state index in [1.807, 2.05) is 0 Å². The van der Waals surface area contributed by atoms with Crippen LogP contribution in [0.25, 0.3) is 0 Å². The molecule has 0 heterocycles. The van der Waals surface area contributed by atoms with Crippen molar-refractivity contribution in [3.8, 4) is 0 Å². The highest BCUT2D eigenvalue weighted by Crippen LogP contribution is 2.39. The summed E-state index contributed by atoms with van der Waals surface area (Å²) in [5.74, 6) is 0. The SMILES string of the molecule is Cc1ccc(C2(CNC3CC3)CCCCCC2)cc1C. The minimum atomic E-state index is 0.400. The number of rotatable bonds is 4. The van der Waals surface area contributed by atoms with E-state index in [1.165, 1.54) is 69.0 Å². The maximum atomic E-state index is 3.83. The van der Waals surface area contributed by atoms with E-state index in [0.717, 1.165) is 6.04 Å². The van der Waals surface area contributed by atoms with Gasteiger partial charge >= 0.3 is 0 Å². The third kappa shape index (κ3) is 3.09. The van der Waals surface area contributed by atoms with Gasteiger partial charge < -0.3 is 5.32 Å². The van der Waals surface area contributed by atoms with Gasteiger partial charge in [0.2, 0.25) is 0 Å². The first kappa shape index (κ1) is 14.1. The molecule has 2 aliphatic rings. The summed E-state index contributed by atoms with van der Waals surface area (Å²) in [6.07, 6.45) is 11.2. The predicted octanol–water partition coefficient (Wildman–Crippen LogP) is 4.65. The smallest absolute Gasteiger partial charge is 0.00779 e. The third-order valence-electron chi connectivity index (χ3n) is 5.49. The van der Waals surface area contributed by atoms with E-state index in [0.29, 0.717) is 5.41 Å². The molecule has 2 fully saturated rings. The zero-order valence-electron chi connectivity index (χ0n) is 13.2. The number of aryl methyl sites for hydroxylation is 2. The molecule has 0 amide bonds. The highest BCUT2D eigenvalue weighted by molar-refractivity contribution is 5.35. The van der Waals surface area contributed by atoms with Gasteiger partial charge in [-0.1, -0.05) is 43.9 Å². The monoisotopic (exact) mass is 271 g/mol. The van der Waals surface area contributed by atoms with Crippen molar-refractivity contribution in [1.82, 2.24) is 5.32 Å². The van der Waals surface area contributed by atoms with E-state index >= 15 is 0 Å². The number of benzene rings is 1. The van der Waals surface area contributed by atoms with Gasteiger partial charge in [-0.05, 0) is 56.2 Å². The maximum absolute atomic E-state index is 3.83. The zero-order chi connectivity index (χ0) is 14.0. The lowest BCUT2D eigenvalue weighted by Crippen LogP contribution is -2.39. The number of hydrogen-bond donors (Lipinski definition) is 1. The lowest BCUT2D eigenvalue weighted by atomic mass is 9.73. The highest BCUT2D eigenvalue weighted by Gasteiger charge is 2.34. The van der Waals surface area contributed by atoms with Crippen LogP contribution in [0.15, 0.2) is 18.2 Å². The average molecular weight is 271 g/mol. The molecule has 0 aliphatic heterocycles. The van der Waals surface area contributed by atoms with Crippen LogP contribution in [0.5, 0.6) is 0 Å². The molecule has 0 spiro atoms. The van der Waals surface area contributed by atoms with Crippen molar-refractivity contribution >= 4 is 0 Å². The standard InChI is InChI=1S/C19H29N/c1-15-7-8-17(13-16(15)2)19(14-20-18-9-10-18)11-5-3-4-6-12-19/h7-8,13,18,20H,3-6,9-12,14H2,1-2H3. The fourth-order valence-electron chi connectivity index (χ4n) is 3.67. The van der Waals surface area contributed by atoms with Gasteiger partial charge in [0.15, 0.2) is 0 Å². The molecule has 1 N–H and O–H groups in total. The predicted molar refractivity (Wildman–Crippen MR) is 86.3 cm³/mol. The second kappa shape index (κ2) is 5.89. The van der Waals surface area contributed by atoms with Gasteiger partial charge in [-0.2, -0.15) is 0 Å². The number of nitrogens with one attached hydrogen (secondary N) is 1. The fraction of sp³-hybridized carbons (Fsp3) is 0.684. The highest BCUT2D eigenvalue weighted by atomic mass is 15.0. The van der Waals surface area contributed by atoms with Gasteiger partial charge in [-0.3, -0.25) is 0 Å². The lowest BCUT2D eigenvalue weighted by Gasteiger charge is -2.34. The average Bonchev–Trinajstić information content (AvgIpc) is 3.26. The van der Waals surface area contributed by atoms with Crippen LogP contribution in [-0.4, -0.2) is 12.6 Å². The largest absolute Gasteiger partial charge is 0.313 e. The molecule has 0 radical (unpaired) electrons. The van der Waals surface area contributed by atoms with E-state index < -0.39 is 0 Å². The minimum Gasteiger partial charge on any atom is -0.313 e. The van der Waals surface area contributed by atoms with Crippen LogP contribution >= 0.6 is 0 Å². The fourth-order valence-corrected chi connectivity index (χ4v) is 3.67. The van der Waals surface area contributed by atoms with E-state index in [1.54, 1.807) is 5.56 Å². The molecule has 1 aromatic carbocycles. The molecule has 2 aliphatic carbocycles. The molecule has 20 heavy (non-hydrogen) atoms. The second-order valence-electron chi connectivity index (χ2n) is 7.15. The van der Waals surface area contributed by atoms with Crippen molar-refractivity contribution < 1.29 is 0 Å². The van der Waals surface area contributed by atoms with Crippen LogP contribution in [0.2, 0.25) is 0 Å². The molecule has 0 unspecified atom stereocenters. The van der Waals surface area contributed by atoms with Crippen molar-refractivity contribution in [1.29, 1.82) is 0 Å². The van der Waals surface area contributed by atoms with Crippen LogP contribution in [0.3, 0.4) is 0 Å². The van der Waals surface area contributed by atoms with E-state index in [9.17, 15) is 0 Å². The molecular weight excluding hydrogens is 242 g/mol. The Morgan fingerprint density at radius 2 is 1.70 bits per heavy atom. The van der Waals surface area contributed by atoms with Crippen molar-refractivity contribution in [2.45, 2.75) is 76.7 Å². The van der Waals surface area contributed by atoms with Crippen LogP contribution in [0, 0.1) is 13.8 Å². The molecule has 0 saturated heterocycles. The summed E-state index contributed by atoms with van der Waals surface area (Å²) in [5, 5.41) is 3.83. The van der Waals surface area contributed by atoms with Crippen molar-refractivity contribution in [2.75, 3.05) is 6.54 Å². The van der Waals surface area contributed by atoms with E-state index in [4.69, 9.17) is 0 Å². The van der Waals surface area contributed by atoms with Crippen molar-refractivity contribution in [2.24, 2.45) is 0 Å². The summed E-state index contributed by atoms with van der Waals surface area (Å²) in [6, 6.07) is 8.02. The first-order valence-electron chi connectivity index (χ1n) is 8.51. The Balaban J connectivity index is 1.86. The first-order chi connectivity index (χ1) is 9.70. The second-order valence-corrected chi connectivity index (χ2v) is 7.15. The summed E-state index contributed by atoms with van der Waals surface area (Å²) in [4.78, 5) is 0. The summed E-state index contributed by atoms with van der Waals surface area (Å²) >= 11 is 0. The molecule has 3 rings (SSSR count). The van der Waals surface area contributed by atoms with E-state index in [2.05, 4.69) is 37.4 Å². The van der Waals surface area contributed by atoms with Crippen molar-refractivity contribution in [3.05, 3.63) is 34.9 Å². The summed E-state index contributed by atoms with van der Waals surface area (Å²) < 4.78 is 0. The number of hydrogen-bond acceptors (Lipinski definition) is 1. The van der Waals surface area contributed by atoms with Crippen LogP contribution in [0.1, 0.15) is 68.1 Å². The van der Waals surface area contributed by atoms with Crippen LogP contribution in [0.4, 0.5) is 0 Å². The molecule has 0 atom stereocenters. The van der Waals surface area contributed by atoms with Crippen LogP contribution in [-0.2, 0) is 5.41 Å². The van der Waals surface area contributed by atoms with Crippen LogP contribution < -0.4 is 5.32 Å².